The summed E-state index contributed by atoms with van der Waals surface area (Å²) in [5.74, 6) is 0.294. The van der Waals surface area contributed by atoms with Gasteiger partial charge in [-0.25, -0.2) is 4.79 Å². The lowest BCUT2D eigenvalue weighted by Crippen LogP contribution is -2.24. The summed E-state index contributed by atoms with van der Waals surface area (Å²) in [7, 11) is 0. The van der Waals surface area contributed by atoms with Crippen LogP contribution in [0.5, 0.6) is 5.75 Å². The third kappa shape index (κ3) is 4.49. The van der Waals surface area contributed by atoms with Crippen molar-refractivity contribution in [3.8, 4) is 5.75 Å². The molecule has 0 aromatic heterocycles. The Hall–Kier alpha value is -1.07. The fraction of sp³-hybridized carbons (Fsp3) is 0.533. The van der Waals surface area contributed by atoms with E-state index in [-0.39, 0.29) is 12.1 Å². The molecule has 0 amide bonds. The molecule has 0 saturated carbocycles. The molecule has 1 aromatic carbocycles. The number of ether oxygens (including phenoxy) is 3. The molecule has 1 heterocycles. The standard InChI is InChI=1S/C15H19BrO4/c1-15(2,3)20-14(17)10-6-11(16)8-13(7-10)19-12-4-5-18-9-12/h6-8,12H,4-5,9H2,1-3H3. The van der Waals surface area contributed by atoms with Crippen LogP contribution in [0.3, 0.4) is 0 Å². The molecule has 0 aliphatic carbocycles. The summed E-state index contributed by atoms with van der Waals surface area (Å²) < 4.78 is 17.2. The van der Waals surface area contributed by atoms with E-state index >= 15 is 0 Å². The van der Waals surface area contributed by atoms with Crippen LogP contribution in [0.25, 0.3) is 0 Å². The normalized spacial score (nSPS) is 18.9. The summed E-state index contributed by atoms with van der Waals surface area (Å²) in [6.07, 6.45) is 0.921. The van der Waals surface area contributed by atoms with Crippen molar-refractivity contribution in [3.05, 3.63) is 28.2 Å². The molecular formula is C15H19BrO4. The number of carbonyl (C=O) groups excluding carboxylic acids is 1. The molecule has 110 valence electrons. The maximum absolute atomic E-state index is 12.1. The number of hydrogen-bond acceptors (Lipinski definition) is 4. The Morgan fingerprint density at radius 2 is 2.10 bits per heavy atom. The highest BCUT2D eigenvalue weighted by Crippen LogP contribution is 2.25. The van der Waals surface area contributed by atoms with Gasteiger partial charge in [0, 0.05) is 10.9 Å². The second kappa shape index (κ2) is 6.14. The molecule has 0 N–H and O–H groups in total. The minimum Gasteiger partial charge on any atom is -0.488 e. The zero-order valence-corrected chi connectivity index (χ0v) is 13.5. The molecule has 1 unspecified atom stereocenters. The van der Waals surface area contributed by atoms with E-state index in [1.54, 1.807) is 12.1 Å². The van der Waals surface area contributed by atoms with Crippen LogP contribution in [0.15, 0.2) is 22.7 Å². The predicted octanol–water partition coefficient (Wildman–Crippen LogP) is 3.57. The van der Waals surface area contributed by atoms with Crippen molar-refractivity contribution in [1.82, 2.24) is 0 Å². The first-order valence-electron chi connectivity index (χ1n) is 6.62. The van der Waals surface area contributed by atoms with Gasteiger partial charge in [0.2, 0.25) is 0 Å². The molecule has 0 radical (unpaired) electrons. The molecule has 20 heavy (non-hydrogen) atoms. The average Bonchev–Trinajstić information content (AvgIpc) is 2.78. The fourth-order valence-electron chi connectivity index (χ4n) is 1.88. The second-order valence-corrected chi connectivity index (χ2v) is 6.70. The molecule has 1 atom stereocenters. The van der Waals surface area contributed by atoms with Crippen molar-refractivity contribution in [1.29, 1.82) is 0 Å². The van der Waals surface area contributed by atoms with Crippen molar-refractivity contribution in [2.45, 2.75) is 38.9 Å². The SMILES string of the molecule is CC(C)(C)OC(=O)c1cc(Br)cc(OC2CCOC2)c1. The lowest BCUT2D eigenvalue weighted by atomic mass is 10.1. The number of esters is 1. The number of carbonyl (C=O) groups is 1. The fourth-order valence-corrected chi connectivity index (χ4v) is 2.36. The summed E-state index contributed by atoms with van der Waals surface area (Å²) in [6, 6.07) is 5.27. The number of rotatable bonds is 3. The van der Waals surface area contributed by atoms with Gasteiger partial charge in [-0.1, -0.05) is 15.9 Å². The monoisotopic (exact) mass is 342 g/mol. The molecule has 1 fully saturated rings. The van der Waals surface area contributed by atoms with Gasteiger partial charge < -0.3 is 14.2 Å². The Bertz CT molecular complexity index is 487. The summed E-state index contributed by atoms with van der Waals surface area (Å²) in [5.41, 5.74) is -0.0390. The van der Waals surface area contributed by atoms with E-state index in [0.29, 0.717) is 17.9 Å². The van der Waals surface area contributed by atoms with E-state index < -0.39 is 5.60 Å². The van der Waals surface area contributed by atoms with Crippen molar-refractivity contribution in [2.75, 3.05) is 13.2 Å². The van der Waals surface area contributed by atoms with Crippen molar-refractivity contribution in [3.63, 3.8) is 0 Å². The average molecular weight is 343 g/mol. The van der Waals surface area contributed by atoms with Crippen molar-refractivity contribution < 1.29 is 19.0 Å². The van der Waals surface area contributed by atoms with Crippen LogP contribution >= 0.6 is 15.9 Å². The molecule has 5 heteroatoms. The molecule has 2 rings (SSSR count). The van der Waals surface area contributed by atoms with Gasteiger partial charge in [-0.2, -0.15) is 0 Å². The molecule has 1 aromatic rings. The van der Waals surface area contributed by atoms with Crippen LogP contribution < -0.4 is 4.74 Å². The zero-order valence-electron chi connectivity index (χ0n) is 11.9. The van der Waals surface area contributed by atoms with E-state index in [2.05, 4.69) is 15.9 Å². The summed E-state index contributed by atoms with van der Waals surface area (Å²) >= 11 is 3.39. The number of benzene rings is 1. The maximum Gasteiger partial charge on any atom is 0.338 e. The molecule has 1 aliphatic heterocycles. The predicted molar refractivity (Wildman–Crippen MR) is 79.2 cm³/mol. The van der Waals surface area contributed by atoms with E-state index in [1.165, 1.54) is 0 Å². The van der Waals surface area contributed by atoms with E-state index in [4.69, 9.17) is 14.2 Å². The van der Waals surface area contributed by atoms with Crippen LogP contribution in [0, 0.1) is 0 Å². The molecule has 1 aliphatic rings. The lowest BCUT2D eigenvalue weighted by molar-refractivity contribution is 0.00688. The Morgan fingerprint density at radius 1 is 1.35 bits per heavy atom. The Labute approximate surface area is 127 Å². The second-order valence-electron chi connectivity index (χ2n) is 5.78. The van der Waals surface area contributed by atoms with Gasteiger partial charge in [0.05, 0.1) is 18.8 Å². The summed E-state index contributed by atoms with van der Waals surface area (Å²) in [6.45, 7) is 6.84. The summed E-state index contributed by atoms with van der Waals surface area (Å²) in [5, 5.41) is 0. The van der Waals surface area contributed by atoms with Gasteiger partial charge in [-0.3, -0.25) is 0 Å². The molecule has 4 nitrogen and oxygen atoms in total. The third-order valence-electron chi connectivity index (χ3n) is 2.70. The first-order valence-corrected chi connectivity index (χ1v) is 7.41. The highest BCUT2D eigenvalue weighted by Gasteiger charge is 2.21. The zero-order chi connectivity index (χ0) is 14.8. The summed E-state index contributed by atoms with van der Waals surface area (Å²) in [4.78, 5) is 12.1. The molecule has 0 spiro atoms. The van der Waals surface area contributed by atoms with Crippen molar-refractivity contribution >= 4 is 21.9 Å². The largest absolute Gasteiger partial charge is 0.488 e. The van der Waals surface area contributed by atoms with Gasteiger partial charge in [-0.15, -0.1) is 0 Å². The molecule has 0 bridgehead atoms. The van der Waals surface area contributed by atoms with Crippen LogP contribution in [0.4, 0.5) is 0 Å². The first-order chi connectivity index (χ1) is 9.33. The topological polar surface area (TPSA) is 44.8 Å². The van der Waals surface area contributed by atoms with Gasteiger partial charge in [0.15, 0.2) is 0 Å². The van der Waals surface area contributed by atoms with E-state index in [1.807, 2.05) is 26.8 Å². The smallest absolute Gasteiger partial charge is 0.338 e. The Kier molecular flexibility index (Phi) is 4.70. The van der Waals surface area contributed by atoms with Crippen LogP contribution in [-0.4, -0.2) is 30.9 Å². The van der Waals surface area contributed by atoms with Gasteiger partial charge in [-0.05, 0) is 39.0 Å². The van der Waals surface area contributed by atoms with Crippen LogP contribution in [-0.2, 0) is 9.47 Å². The lowest BCUT2D eigenvalue weighted by Gasteiger charge is -2.20. The van der Waals surface area contributed by atoms with Crippen molar-refractivity contribution in [2.24, 2.45) is 0 Å². The number of hydrogen-bond donors (Lipinski definition) is 0. The highest BCUT2D eigenvalue weighted by molar-refractivity contribution is 9.10. The maximum atomic E-state index is 12.1. The Morgan fingerprint density at radius 3 is 2.70 bits per heavy atom. The van der Waals surface area contributed by atoms with E-state index in [0.717, 1.165) is 17.5 Å². The minimum absolute atomic E-state index is 0.0517. The number of halogens is 1. The molecular weight excluding hydrogens is 324 g/mol. The van der Waals surface area contributed by atoms with Crippen LogP contribution in [0.2, 0.25) is 0 Å². The first kappa shape index (κ1) is 15.3. The highest BCUT2D eigenvalue weighted by atomic mass is 79.9. The molecule has 1 saturated heterocycles. The third-order valence-corrected chi connectivity index (χ3v) is 3.15. The van der Waals surface area contributed by atoms with Gasteiger partial charge in [0.1, 0.15) is 17.5 Å². The quantitative estimate of drug-likeness (QED) is 0.787. The Balaban J connectivity index is 2.13. The van der Waals surface area contributed by atoms with Gasteiger partial charge >= 0.3 is 5.97 Å². The van der Waals surface area contributed by atoms with Gasteiger partial charge in [0.25, 0.3) is 0 Å². The minimum atomic E-state index is -0.514. The van der Waals surface area contributed by atoms with E-state index in [9.17, 15) is 4.79 Å². The van der Waals surface area contributed by atoms with Crippen LogP contribution in [0.1, 0.15) is 37.6 Å².